The van der Waals surface area contributed by atoms with E-state index in [-0.39, 0.29) is 10.7 Å². The molecule has 1 aliphatic heterocycles. The zero-order valence-corrected chi connectivity index (χ0v) is 16.1. The average molecular weight is 428 g/mol. The van der Waals surface area contributed by atoms with E-state index in [9.17, 15) is 10.1 Å². The second-order valence-electron chi connectivity index (χ2n) is 6.02. The van der Waals surface area contributed by atoms with Gasteiger partial charge in [-0.25, -0.2) is 0 Å². The molecule has 4 aromatic rings. The van der Waals surface area contributed by atoms with Crippen molar-refractivity contribution in [3.05, 3.63) is 69.6 Å². The van der Waals surface area contributed by atoms with Gasteiger partial charge in [0.25, 0.3) is 5.69 Å². The molecule has 0 radical (unpaired) electrons. The smallest absolute Gasteiger partial charge is 0.270 e. The van der Waals surface area contributed by atoms with Gasteiger partial charge in [-0.05, 0) is 30.3 Å². The van der Waals surface area contributed by atoms with Crippen molar-refractivity contribution in [3.63, 3.8) is 0 Å². The van der Waals surface area contributed by atoms with Crippen LogP contribution in [0.15, 0.2) is 67.8 Å². The van der Waals surface area contributed by atoms with Gasteiger partial charge in [-0.15, -0.1) is 10.2 Å². The first kappa shape index (κ1) is 17.7. The molecule has 9 nitrogen and oxygen atoms in total. The third-order valence-electron chi connectivity index (χ3n) is 4.23. The largest absolute Gasteiger partial charge is 0.461 e. The predicted octanol–water partition coefficient (Wildman–Crippen LogP) is 4.72. The van der Waals surface area contributed by atoms with Crippen LogP contribution in [0, 0.1) is 10.1 Å². The monoisotopic (exact) mass is 427 g/mol. The van der Waals surface area contributed by atoms with Crippen molar-refractivity contribution >= 4 is 34.8 Å². The van der Waals surface area contributed by atoms with Crippen molar-refractivity contribution in [2.45, 2.75) is 5.16 Å². The summed E-state index contributed by atoms with van der Waals surface area (Å²) in [6.45, 7) is 0. The second kappa shape index (κ2) is 6.90. The van der Waals surface area contributed by atoms with Crippen LogP contribution in [-0.2, 0) is 0 Å². The summed E-state index contributed by atoms with van der Waals surface area (Å²) in [6.07, 6.45) is 1.56. The Balaban J connectivity index is 1.50. The van der Waals surface area contributed by atoms with Gasteiger partial charge >= 0.3 is 0 Å². The van der Waals surface area contributed by atoms with Crippen LogP contribution in [0.2, 0.25) is 5.02 Å². The Kier molecular flexibility index (Phi) is 4.22. The Bertz CT molecular complexity index is 1260. The lowest BCUT2D eigenvalue weighted by Gasteiger charge is -2.11. The number of thioether (sulfide) groups is 1. The summed E-state index contributed by atoms with van der Waals surface area (Å²) in [5.41, 5.74) is 1.18. The molecule has 3 aromatic heterocycles. The minimum Gasteiger partial charge on any atom is -0.461 e. The summed E-state index contributed by atoms with van der Waals surface area (Å²) < 4.78 is 12.9. The van der Waals surface area contributed by atoms with Crippen molar-refractivity contribution in [2.24, 2.45) is 5.10 Å². The standard InChI is InChI=1S/C18H10ClN5O4S/c19-12-8-10(24(25)26)3-4-11(12)14-5-6-15(28-14)13-9-29-18-21-20-17(23(18)22-13)16-2-1-7-27-16/h1-8H,9H2. The second-order valence-corrected chi connectivity index (χ2v) is 7.37. The first-order valence-electron chi connectivity index (χ1n) is 8.34. The van der Waals surface area contributed by atoms with Crippen LogP contribution in [0.4, 0.5) is 5.69 Å². The van der Waals surface area contributed by atoms with E-state index in [0.717, 1.165) is 0 Å². The van der Waals surface area contributed by atoms with Crippen LogP contribution < -0.4 is 0 Å². The summed E-state index contributed by atoms with van der Waals surface area (Å²) in [5, 5.41) is 24.7. The third-order valence-corrected chi connectivity index (χ3v) is 5.47. The highest BCUT2D eigenvalue weighted by atomic mass is 35.5. The molecule has 0 fully saturated rings. The van der Waals surface area contributed by atoms with E-state index in [1.807, 2.05) is 0 Å². The maximum Gasteiger partial charge on any atom is 0.270 e. The number of benzene rings is 1. The molecule has 4 heterocycles. The number of fused-ring (bicyclic) bond motifs is 1. The molecule has 0 unspecified atom stereocenters. The molecule has 0 atom stereocenters. The van der Waals surface area contributed by atoms with Gasteiger partial charge in [0.2, 0.25) is 11.0 Å². The molecule has 1 aliphatic rings. The lowest BCUT2D eigenvalue weighted by molar-refractivity contribution is -0.384. The number of non-ortho nitro benzene ring substituents is 1. The fourth-order valence-corrected chi connectivity index (χ4v) is 3.94. The van der Waals surface area contributed by atoms with Gasteiger partial charge in [0, 0.05) is 23.4 Å². The highest BCUT2D eigenvalue weighted by Crippen LogP contribution is 2.34. The summed E-state index contributed by atoms with van der Waals surface area (Å²) in [7, 11) is 0. The molecule has 29 heavy (non-hydrogen) atoms. The molecule has 0 N–H and O–H groups in total. The van der Waals surface area contributed by atoms with Crippen molar-refractivity contribution in [3.8, 4) is 22.9 Å². The van der Waals surface area contributed by atoms with E-state index >= 15 is 0 Å². The van der Waals surface area contributed by atoms with Crippen molar-refractivity contribution in [2.75, 3.05) is 5.75 Å². The summed E-state index contributed by atoms with van der Waals surface area (Å²) in [5.74, 6) is 2.67. The topological polar surface area (TPSA) is 112 Å². The molecule has 0 saturated carbocycles. The lowest BCUT2D eigenvalue weighted by Crippen LogP contribution is -2.13. The third kappa shape index (κ3) is 3.12. The van der Waals surface area contributed by atoms with Crippen molar-refractivity contribution < 1.29 is 13.8 Å². The van der Waals surface area contributed by atoms with Gasteiger partial charge < -0.3 is 8.83 Å². The fraction of sp³-hybridized carbons (Fsp3) is 0.0556. The SMILES string of the molecule is O=[N+]([O-])c1ccc(-c2ccc(C3=Nn4c(nnc4-c4ccco4)SC3)o2)c(Cl)c1. The molecular formula is C18H10ClN5O4S. The van der Waals surface area contributed by atoms with Crippen LogP contribution in [0.3, 0.4) is 0 Å². The Morgan fingerprint density at radius 3 is 2.76 bits per heavy atom. The molecule has 0 amide bonds. The lowest BCUT2D eigenvalue weighted by atomic mass is 10.1. The maximum absolute atomic E-state index is 10.9. The maximum atomic E-state index is 10.9. The molecule has 0 bridgehead atoms. The van der Waals surface area contributed by atoms with Crippen LogP contribution in [0.5, 0.6) is 0 Å². The van der Waals surface area contributed by atoms with E-state index < -0.39 is 4.92 Å². The Morgan fingerprint density at radius 1 is 1.14 bits per heavy atom. The molecule has 0 saturated heterocycles. The minimum atomic E-state index is -0.495. The Hall–Kier alpha value is -3.37. The predicted molar refractivity (Wildman–Crippen MR) is 106 cm³/mol. The van der Waals surface area contributed by atoms with E-state index in [4.69, 9.17) is 20.4 Å². The minimum absolute atomic E-state index is 0.0795. The van der Waals surface area contributed by atoms with E-state index in [0.29, 0.717) is 45.3 Å². The molecule has 0 aliphatic carbocycles. The number of furan rings is 2. The first-order chi connectivity index (χ1) is 14.1. The van der Waals surface area contributed by atoms with Crippen LogP contribution >= 0.6 is 23.4 Å². The molecule has 144 valence electrons. The number of nitro groups is 1. The van der Waals surface area contributed by atoms with Crippen LogP contribution in [-0.4, -0.2) is 31.3 Å². The van der Waals surface area contributed by atoms with Gasteiger partial charge in [0.1, 0.15) is 11.5 Å². The summed E-state index contributed by atoms with van der Waals surface area (Å²) in [6, 6.07) is 11.3. The summed E-state index contributed by atoms with van der Waals surface area (Å²) >= 11 is 7.68. The molecule has 0 spiro atoms. The number of hydrogen-bond donors (Lipinski definition) is 0. The molecular weight excluding hydrogens is 418 g/mol. The van der Waals surface area contributed by atoms with Gasteiger partial charge in [-0.3, -0.25) is 10.1 Å². The zero-order chi connectivity index (χ0) is 20.0. The number of aromatic nitrogens is 3. The average Bonchev–Trinajstić information content (AvgIpc) is 3.46. The number of nitro benzene ring substituents is 1. The van der Waals surface area contributed by atoms with E-state index in [2.05, 4.69) is 15.3 Å². The van der Waals surface area contributed by atoms with Gasteiger partial charge in [-0.1, -0.05) is 23.4 Å². The van der Waals surface area contributed by atoms with Gasteiger partial charge in [-0.2, -0.15) is 9.78 Å². The number of rotatable bonds is 4. The highest BCUT2D eigenvalue weighted by molar-refractivity contribution is 7.99. The van der Waals surface area contributed by atoms with Crippen molar-refractivity contribution in [1.82, 2.24) is 14.9 Å². The number of halogens is 1. The molecule has 5 rings (SSSR count). The normalized spacial score (nSPS) is 13.2. The van der Waals surface area contributed by atoms with Crippen molar-refractivity contribution in [1.29, 1.82) is 0 Å². The van der Waals surface area contributed by atoms with E-state index in [1.165, 1.54) is 23.9 Å². The Morgan fingerprint density at radius 2 is 2.00 bits per heavy atom. The van der Waals surface area contributed by atoms with Gasteiger partial charge in [0.15, 0.2) is 11.5 Å². The van der Waals surface area contributed by atoms with Crippen LogP contribution in [0.25, 0.3) is 22.9 Å². The van der Waals surface area contributed by atoms with E-state index in [1.54, 1.807) is 41.3 Å². The zero-order valence-electron chi connectivity index (χ0n) is 14.5. The first-order valence-corrected chi connectivity index (χ1v) is 9.71. The molecule has 11 heteroatoms. The molecule has 1 aromatic carbocycles. The fourth-order valence-electron chi connectivity index (χ4n) is 2.86. The number of hydrogen-bond acceptors (Lipinski definition) is 8. The number of nitrogens with zero attached hydrogens (tertiary/aromatic N) is 5. The Labute approximate surface area is 172 Å². The summed E-state index contributed by atoms with van der Waals surface area (Å²) in [4.78, 5) is 10.4. The quantitative estimate of drug-likeness (QED) is 0.342. The highest BCUT2D eigenvalue weighted by Gasteiger charge is 2.24. The van der Waals surface area contributed by atoms with Crippen LogP contribution in [0.1, 0.15) is 5.76 Å². The van der Waals surface area contributed by atoms with Gasteiger partial charge in [0.05, 0.1) is 16.2 Å².